The summed E-state index contributed by atoms with van der Waals surface area (Å²) < 4.78 is 2.21. The fourth-order valence-electron chi connectivity index (χ4n) is 2.64. The van der Waals surface area contributed by atoms with Gasteiger partial charge in [-0.2, -0.15) is 0 Å². The molecular weight excluding hydrogens is 224 g/mol. The van der Waals surface area contributed by atoms with Gasteiger partial charge in [-0.1, -0.05) is 13.8 Å². The molecule has 1 aromatic rings. The van der Waals surface area contributed by atoms with Crippen LogP contribution in [0.15, 0.2) is 18.5 Å². The van der Waals surface area contributed by atoms with E-state index in [4.69, 9.17) is 0 Å². The predicted octanol–water partition coefficient (Wildman–Crippen LogP) is 2.66. The van der Waals surface area contributed by atoms with Crippen LogP contribution in [0.3, 0.4) is 0 Å². The van der Waals surface area contributed by atoms with E-state index in [1.807, 2.05) is 6.07 Å². The number of aliphatic hydroxyl groups is 1. The highest BCUT2D eigenvalue weighted by molar-refractivity contribution is 5.14. The van der Waals surface area contributed by atoms with Crippen molar-refractivity contribution >= 4 is 0 Å². The van der Waals surface area contributed by atoms with E-state index < -0.39 is 0 Å². The normalized spacial score (nSPS) is 18.7. The van der Waals surface area contributed by atoms with Gasteiger partial charge in [-0.05, 0) is 56.4 Å². The summed E-state index contributed by atoms with van der Waals surface area (Å²) in [4.78, 5) is 2.55. The Morgan fingerprint density at radius 3 is 2.61 bits per heavy atom. The maximum atomic E-state index is 9.99. The van der Waals surface area contributed by atoms with Gasteiger partial charge in [0.15, 0.2) is 0 Å². The average Bonchev–Trinajstić information content (AvgIpc) is 2.99. The van der Waals surface area contributed by atoms with Crippen molar-refractivity contribution in [3.8, 4) is 0 Å². The molecule has 1 aliphatic rings. The van der Waals surface area contributed by atoms with Crippen molar-refractivity contribution in [2.75, 3.05) is 19.6 Å². The van der Waals surface area contributed by atoms with Crippen LogP contribution in [0, 0.1) is 5.92 Å². The van der Waals surface area contributed by atoms with E-state index in [9.17, 15) is 5.11 Å². The standard InChI is InChI=1S/C15H26N2O/c1-13(2)15(18)14-6-11-17(12-14)10-5-9-16-7-3-4-8-16/h6,11-13,15,18H,3-5,7-10H2,1-2H3. The van der Waals surface area contributed by atoms with Crippen LogP contribution in [0.4, 0.5) is 0 Å². The van der Waals surface area contributed by atoms with E-state index >= 15 is 0 Å². The zero-order valence-corrected chi connectivity index (χ0v) is 11.7. The summed E-state index contributed by atoms with van der Waals surface area (Å²) in [5, 5.41) is 9.99. The van der Waals surface area contributed by atoms with Crippen molar-refractivity contribution in [3.63, 3.8) is 0 Å². The quantitative estimate of drug-likeness (QED) is 0.841. The van der Waals surface area contributed by atoms with Gasteiger partial charge in [0.25, 0.3) is 0 Å². The van der Waals surface area contributed by atoms with Crippen LogP contribution in [0.1, 0.15) is 44.8 Å². The number of hydrogen-bond acceptors (Lipinski definition) is 2. The van der Waals surface area contributed by atoms with Gasteiger partial charge in [0.1, 0.15) is 0 Å². The number of aromatic nitrogens is 1. The summed E-state index contributed by atoms with van der Waals surface area (Å²) in [5.41, 5.74) is 1.05. The molecule has 0 radical (unpaired) electrons. The summed E-state index contributed by atoms with van der Waals surface area (Å²) in [6, 6.07) is 2.04. The van der Waals surface area contributed by atoms with Crippen molar-refractivity contribution in [2.45, 2.75) is 45.8 Å². The van der Waals surface area contributed by atoms with Gasteiger partial charge in [-0.25, -0.2) is 0 Å². The largest absolute Gasteiger partial charge is 0.388 e. The van der Waals surface area contributed by atoms with Gasteiger partial charge in [-0.15, -0.1) is 0 Å². The van der Waals surface area contributed by atoms with E-state index in [0.29, 0.717) is 0 Å². The molecule has 0 spiro atoms. The van der Waals surface area contributed by atoms with Gasteiger partial charge in [0, 0.05) is 18.9 Å². The number of aryl methyl sites for hydroxylation is 1. The predicted molar refractivity (Wildman–Crippen MR) is 74.5 cm³/mol. The SMILES string of the molecule is CC(C)C(O)c1ccn(CCCN2CCCC2)c1. The molecule has 102 valence electrons. The third-order valence-electron chi connectivity index (χ3n) is 3.84. The maximum Gasteiger partial charge on any atom is 0.0827 e. The van der Waals surface area contributed by atoms with Crippen molar-refractivity contribution in [2.24, 2.45) is 5.92 Å². The summed E-state index contributed by atoms with van der Waals surface area (Å²) >= 11 is 0. The van der Waals surface area contributed by atoms with Crippen molar-refractivity contribution in [1.82, 2.24) is 9.47 Å². The molecule has 1 saturated heterocycles. The summed E-state index contributed by atoms with van der Waals surface area (Å²) in [7, 11) is 0. The second-order valence-corrected chi connectivity index (χ2v) is 5.77. The minimum atomic E-state index is -0.329. The van der Waals surface area contributed by atoms with Gasteiger partial charge < -0.3 is 14.6 Å². The first-order chi connectivity index (χ1) is 8.66. The Bertz CT molecular complexity index is 353. The lowest BCUT2D eigenvalue weighted by atomic mass is 10.0. The van der Waals surface area contributed by atoms with Gasteiger partial charge in [0.05, 0.1) is 6.10 Å². The lowest BCUT2D eigenvalue weighted by Crippen LogP contribution is -2.21. The third-order valence-corrected chi connectivity index (χ3v) is 3.84. The molecule has 1 unspecified atom stereocenters. The Morgan fingerprint density at radius 1 is 1.22 bits per heavy atom. The van der Waals surface area contributed by atoms with Gasteiger partial charge >= 0.3 is 0 Å². The fraction of sp³-hybridized carbons (Fsp3) is 0.733. The highest BCUT2D eigenvalue weighted by atomic mass is 16.3. The van der Waals surface area contributed by atoms with Crippen LogP contribution in [0.25, 0.3) is 0 Å². The molecule has 0 saturated carbocycles. The first-order valence-electron chi connectivity index (χ1n) is 7.23. The van der Waals surface area contributed by atoms with Gasteiger partial charge in [-0.3, -0.25) is 0 Å². The number of hydrogen-bond donors (Lipinski definition) is 1. The number of likely N-dealkylation sites (tertiary alicyclic amines) is 1. The molecule has 1 aromatic heterocycles. The monoisotopic (exact) mass is 250 g/mol. The molecule has 1 aliphatic heterocycles. The summed E-state index contributed by atoms with van der Waals surface area (Å²) in [6.45, 7) is 8.93. The second kappa shape index (κ2) is 6.39. The van der Waals surface area contributed by atoms with Crippen LogP contribution < -0.4 is 0 Å². The zero-order valence-electron chi connectivity index (χ0n) is 11.7. The minimum absolute atomic E-state index is 0.283. The van der Waals surface area contributed by atoms with E-state index in [-0.39, 0.29) is 12.0 Å². The highest BCUT2D eigenvalue weighted by Crippen LogP contribution is 2.21. The Labute approximate surface area is 110 Å². The molecular formula is C15H26N2O. The van der Waals surface area contributed by atoms with E-state index in [2.05, 4.69) is 35.7 Å². The second-order valence-electron chi connectivity index (χ2n) is 5.77. The molecule has 18 heavy (non-hydrogen) atoms. The zero-order chi connectivity index (χ0) is 13.0. The lowest BCUT2D eigenvalue weighted by molar-refractivity contribution is 0.127. The summed E-state index contributed by atoms with van der Waals surface area (Å²) in [5.74, 6) is 0.283. The Kier molecular flexibility index (Phi) is 4.84. The van der Waals surface area contributed by atoms with Crippen molar-refractivity contribution in [1.29, 1.82) is 0 Å². The molecule has 1 atom stereocenters. The van der Waals surface area contributed by atoms with Crippen LogP contribution in [-0.2, 0) is 6.54 Å². The molecule has 0 bridgehead atoms. The van der Waals surface area contributed by atoms with Gasteiger partial charge in [0.2, 0.25) is 0 Å². The topological polar surface area (TPSA) is 28.4 Å². The van der Waals surface area contributed by atoms with Crippen LogP contribution in [0.5, 0.6) is 0 Å². The van der Waals surface area contributed by atoms with E-state index in [1.165, 1.54) is 38.9 Å². The molecule has 2 rings (SSSR count). The van der Waals surface area contributed by atoms with Crippen LogP contribution in [0.2, 0.25) is 0 Å². The van der Waals surface area contributed by atoms with E-state index in [1.54, 1.807) is 0 Å². The lowest BCUT2D eigenvalue weighted by Gasteiger charge is -2.14. The van der Waals surface area contributed by atoms with Crippen molar-refractivity contribution < 1.29 is 5.11 Å². The molecule has 1 N–H and O–H groups in total. The summed E-state index contributed by atoms with van der Waals surface area (Å²) in [6.07, 6.45) is 7.79. The van der Waals surface area contributed by atoms with Crippen LogP contribution >= 0.6 is 0 Å². The van der Waals surface area contributed by atoms with Crippen molar-refractivity contribution in [3.05, 3.63) is 24.0 Å². The maximum absolute atomic E-state index is 9.99. The number of aliphatic hydroxyl groups excluding tert-OH is 1. The molecule has 0 amide bonds. The minimum Gasteiger partial charge on any atom is -0.388 e. The molecule has 2 heterocycles. The first kappa shape index (κ1) is 13.6. The fourth-order valence-corrected chi connectivity index (χ4v) is 2.64. The molecule has 0 aliphatic carbocycles. The third kappa shape index (κ3) is 3.59. The molecule has 1 fully saturated rings. The Balaban J connectivity index is 1.76. The first-order valence-corrected chi connectivity index (χ1v) is 7.23. The average molecular weight is 250 g/mol. The number of nitrogens with zero attached hydrogens (tertiary/aromatic N) is 2. The highest BCUT2D eigenvalue weighted by Gasteiger charge is 2.13. The van der Waals surface area contributed by atoms with Crippen LogP contribution in [-0.4, -0.2) is 34.2 Å². The van der Waals surface area contributed by atoms with E-state index in [0.717, 1.165) is 12.1 Å². The Morgan fingerprint density at radius 2 is 1.94 bits per heavy atom. The number of rotatable bonds is 6. The smallest absolute Gasteiger partial charge is 0.0827 e. The molecule has 3 heteroatoms. The Hall–Kier alpha value is -0.800. The molecule has 0 aromatic carbocycles. The molecule has 3 nitrogen and oxygen atoms in total.